The number of anilines is 2. The molecule has 6 rings (SSSR count). The molecule has 8 heteroatoms. The Morgan fingerprint density at radius 3 is 2.69 bits per heavy atom. The van der Waals surface area contributed by atoms with Crippen LogP contribution in [0.4, 0.5) is 11.6 Å². The predicted octanol–water partition coefficient (Wildman–Crippen LogP) is 5.67. The molecule has 3 heterocycles. The molecule has 3 atom stereocenters. The maximum atomic E-state index is 10.5. The van der Waals surface area contributed by atoms with Gasteiger partial charge >= 0.3 is 0 Å². The molecule has 1 unspecified atom stereocenters. The molecule has 0 bridgehead atoms. The molecule has 1 saturated heterocycles. The number of aliphatic hydroxyl groups is 1. The van der Waals surface area contributed by atoms with E-state index < -0.39 is 0 Å². The number of nitrogens with zero attached hydrogens (tertiary/aromatic N) is 3. The van der Waals surface area contributed by atoms with Crippen molar-refractivity contribution in [1.29, 1.82) is 0 Å². The molecular formula is C31H36N6O2. The van der Waals surface area contributed by atoms with Crippen LogP contribution in [0.15, 0.2) is 60.9 Å². The molecule has 4 N–H and O–H groups in total. The first-order chi connectivity index (χ1) is 19.2. The van der Waals surface area contributed by atoms with Crippen LogP contribution in [0, 0.1) is 6.92 Å². The maximum absolute atomic E-state index is 10.5. The summed E-state index contributed by atoms with van der Waals surface area (Å²) in [5.74, 6) is 1.87. The van der Waals surface area contributed by atoms with Crippen LogP contribution in [0.3, 0.4) is 0 Å². The highest BCUT2D eigenvalue weighted by Gasteiger charge is 2.24. The second-order valence-corrected chi connectivity index (χ2v) is 10.6. The Morgan fingerprint density at radius 1 is 0.897 bits per heavy atom. The van der Waals surface area contributed by atoms with Crippen molar-refractivity contribution in [1.82, 2.24) is 20.3 Å². The summed E-state index contributed by atoms with van der Waals surface area (Å²) < 4.78 is 6.58. The number of hydrogen-bond acceptors (Lipinski definition) is 8. The third kappa shape index (κ3) is 5.67. The smallest absolute Gasteiger partial charge is 0.228 e. The molecule has 2 aromatic carbocycles. The highest BCUT2D eigenvalue weighted by molar-refractivity contribution is 5.98. The average Bonchev–Trinajstić information content (AvgIpc) is 2.97. The van der Waals surface area contributed by atoms with E-state index in [9.17, 15) is 5.11 Å². The summed E-state index contributed by atoms with van der Waals surface area (Å²) in [7, 11) is 0. The fourth-order valence-corrected chi connectivity index (χ4v) is 5.68. The molecule has 1 aliphatic heterocycles. The van der Waals surface area contributed by atoms with Gasteiger partial charge in [0, 0.05) is 41.4 Å². The van der Waals surface area contributed by atoms with E-state index >= 15 is 0 Å². The van der Waals surface area contributed by atoms with Crippen LogP contribution >= 0.6 is 0 Å². The molecule has 0 radical (unpaired) electrons. The largest absolute Gasteiger partial charge is 0.437 e. The van der Waals surface area contributed by atoms with E-state index in [-0.39, 0.29) is 12.1 Å². The van der Waals surface area contributed by atoms with Crippen LogP contribution in [0.25, 0.3) is 22.0 Å². The minimum absolute atomic E-state index is 0.0578. The lowest BCUT2D eigenvalue weighted by molar-refractivity contribution is 0.116. The third-order valence-corrected chi connectivity index (χ3v) is 7.81. The highest BCUT2D eigenvalue weighted by Crippen LogP contribution is 2.39. The molecule has 2 aromatic heterocycles. The zero-order valence-electron chi connectivity index (χ0n) is 22.4. The van der Waals surface area contributed by atoms with Crippen LogP contribution < -0.4 is 20.7 Å². The minimum atomic E-state index is -0.326. The minimum Gasteiger partial charge on any atom is -0.437 e. The predicted molar refractivity (Wildman–Crippen MR) is 155 cm³/mol. The van der Waals surface area contributed by atoms with Gasteiger partial charge in [-0.25, -0.2) is 15.0 Å². The van der Waals surface area contributed by atoms with Crippen LogP contribution in [0.5, 0.6) is 11.6 Å². The lowest BCUT2D eigenvalue weighted by Crippen LogP contribution is -2.38. The van der Waals surface area contributed by atoms with Gasteiger partial charge in [0.2, 0.25) is 11.8 Å². The second-order valence-electron chi connectivity index (χ2n) is 10.6. The molecule has 1 saturated carbocycles. The number of ether oxygens (including phenoxy) is 1. The number of fused-ring (bicyclic) bond motifs is 1. The monoisotopic (exact) mass is 524 g/mol. The number of piperidine rings is 1. The molecule has 2 aliphatic rings. The van der Waals surface area contributed by atoms with Gasteiger partial charge in [0.05, 0.1) is 23.4 Å². The van der Waals surface area contributed by atoms with Gasteiger partial charge in [0.1, 0.15) is 5.75 Å². The van der Waals surface area contributed by atoms with E-state index in [4.69, 9.17) is 9.72 Å². The number of aliphatic hydroxyl groups excluding tert-OH is 1. The van der Waals surface area contributed by atoms with Crippen molar-refractivity contribution >= 4 is 22.4 Å². The Labute approximate surface area is 229 Å². The van der Waals surface area contributed by atoms with Crippen molar-refractivity contribution in [2.75, 3.05) is 23.7 Å². The topological polar surface area (TPSA) is 104 Å². The average molecular weight is 525 g/mol. The van der Waals surface area contributed by atoms with Gasteiger partial charge in [-0.1, -0.05) is 37.1 Å². The van der Waals surface area contributed by atoms with Crippen molar-refractivity contribution in [2.45, 2.75) is 63.6 Å². The third-order valence-electron chi connectivity index (χ3n) is 7.81. The normalized spacial score (nSPS) is 21.4. The van der Waals surface area contributed by atoms with Gasteiger partial charge in [0.25, 0.3) is 0 Å². The van der Waals surface area contributed by atoms with Crippen molar-refractivity contribution in [3.8, 4) is 22.9 Å². The fraction of sp³-hybridized carbons (Fsp3) is 0.387. The van der Waals surface area contributed by atoms with Crippen LogP contribution in [0.1, 0.15) is 44.1 Å². The van der Waals surface area contributed by atoms with Gasteiger partial charge in [-0.3, -0.25) is 0 Å². The fourth-order valence-electron chi connectivity index (χ4n) is 5.68. The summed E-state index contributed by atoms with van der Waals surface area (Å²) in [5, 5.41) is 23.1. The van der Waals surface area contributed by atoms with E-state index in [0.717, 1.165) is 90.6 Å². The van der Waals surface area contributed by atoms with Crippen LogP contribution in [0.2, 0.25) is 0 Å². The molecule has 39 heavy (non-hydrogen) atoms. The van der Waals surface area contributed by atoms with E-state index in [1.807, 2.05) is 31.2 Å². The number of nitrogens with one attached hydrogen (secondary N) is 3. The van der Waals surface area contributed by atoms with Gasteiger partial charge in [-0.15, -0.1) is 0 Å². The summed E-state index contributed by atoms with van der Waals surface area (Å²) in [4.78, 5) is 13.9. The van der Waals surface area contributed by atoms with Gasteiger partial charge in [-0.05, 0) is 69.0 Å². The molecule has 8 nitrogen and oxygen atoms in total. The van der Waals surface area contributed by atoms with Gasteiger partial charge < -0.3 is 25.8 Å². The Kier molecular flexibility index (Phi) is 7.56. The number of rotatable bonds is 7. The molecular weight excluding hydrogens is 488 g/mol. The first-order valence-electron chi connectivity index (χ1n) is 14.1. The molecule has 1 aliphatic carbocycles. The van der Waals surface area contributed by atoms with Crippen molar-refractivity contribution in [2.24, 2.45) is 0 Å². The Hall–Kier alpha value is -3.75. The summed E-state index contributed by atoms with van der Waals surface area (Å²) in [6, 6.07) is 16.5. The van der Waals surface area contributed by atoms with Crippen LogP contribution in [-0.2, 0) is 0 Å². The SMILES string of the molecule is Cc1ccc2c(N[C@@H]3CCCC[C@H]3O)cccc2c1Oc1ncccc1-c1ccnc(NC2CCCNC2)n1. The Morgan fingerprint density at radius 2 is 1.82 bits per heavy atom. The summed E-state index contributed by atoms with van der Waals surface area (Å²) in [6.45, 7) is 4.02. The standard InChI is InChI=1S/C31H36N6O2/c1-20-13-14-22-23(8-4-11-25(22)36-27-10-2-3-12-28(27)38)29(20)39-30-24(9-6-17-33-30)26-15-18-34-31(37-26)35-21-7-5-16-32-19-21/h4,6,8-9,11,13-15,17-18,21,27-28,32,36,38H,2-3,5,7,10,12,16,19H2,1H3,(H,34,35,37)/t21?,27-,28-/m1/s1. The first-order valence-corrected chi connectivity index (χ1v) is 14.1. The molecule has 202 valence electrons. The Balaban J connectivity index is 1.31. The zero-order valence-corrected chi connectivity index (χ0v) is 22.4. The summed E-state index contributed by atoms with van der Waals surface area (Å²) >= 11 is 0. The number of aryl methyl sites for hydroxylation is 1. The lowest BCUT2D eigenvalue weighted by Gasteiger charge is -2.29. The van der Waals surface area contributed by atoms with E-state index in [1.165, 1.54) is 0 Å². The molecule has 2 fully saturated rings. The summed E-state index contributed by atoms with van der Waals surface area (Å²) in [6.07, 6.45) is 9.46. The van der Waals surface area contributed by atoms with Gasteiger partial charge in [0.15, 0.2) is 0 Å². The molecule has 0 amide bonds. The number of pyridine rings is 1. The Bertz CT molecular complexity index is 1440. The lowest BCUT2D eigenvalue weighted by atomic mass is 9.92. The summed E-state index contributed by atoms with van der Waals surface area (Å²) in [5.41, 5.74) is 3.59. The van der Waals surface area contributed by atoms with Crippen LogP contribution in [-0.4, -0.2) is 51.3 Å². The molecule has 0 spiro atoms. The van der Waals surface area contributed by atoms with Crippen molar-refractivity contribution in [3.05, 3.63) is 66.5 Å². The molecule has 4 aromatic rings. The zero-order chi connectivity index (χ0) is 26.6. The highest BCUT2D eigenvalue weighted by atomic mass is 16.5. The van der Waals surface area contributed by atoms with E-state index in [0.29, 0.717) is 17.9 Å². The quantitative estimate of drug-likeness (QED) is 0.245. The van der Waals surface area contributed by atoms with E-state index in [2.05, 4.69) is 50.2 Å². The first kappa shape index (κ1) is 25.5. The van der Waals surface area contributed by atoms with Crippen molar-refractivity contribution < 1.29 is 9.84 Å². The second kappa shape index (κ2) is 11.6. The van der Waals surface area contributed by atoms with Gasteiger partial charge in [-0.2, -0.15) is 0 Å². The van der Waals surface area contributed by atoms with Crippen molar-refractivity contribution in [3.63, 3.8) is 0 Å². The number of hydrogen-bond donors (Lipinski definition) is 4. The number of aromatic nitrogens is 3. The van der Waals surface area contributed by atoms with E-state index in [1.54, 1.807) is 12.4 Å². The number of benzene rings is 2. The maximum Gasteiger partial charge on any atom is 0.228 e.